The van der Waals surface area contributed by atoms with E-state index >= 15 is 0 Å². The lowest BCUT2D eigenvalue weighted by Crippen LogP contribution is -2.36. The largest absolute Gasteiger partial charge is 0.463 e. The minimum absolute atomic E-state index is 0.0404. The molecule has 0 spiro atoms. The number of esters is 1. The minimum Gasteiger partial charge on any atom is -0.463 e. The molecule has 6 heteroatoms. The number of aliphatic hydroxyl groups is 1. The number of para-hydroxylation sites is 1. The number of fused-ring (bicyclic) bond motifs is 1. The van der Waals surface area contributed by atoms with E-state index in [1.54, 1.807) is 0 Å². The lowest BCUT2D eigenvalue weighted by Gasteiger charge is -2.35. The van der Waals surface area contributed by atoms with Gasteiger partial charge in [-0.1, -0.05) is 77.4 Å². The summed E-state index contributed by atoms with van der Waals surface area (Å²) in [5.41, 5.74) is 4.63. The summed E-state index contributed by atoms with van der Waals surface area (Å²) in [5, 5.41) is 21.9. The molecule has 0 bridgehead atoms. The number of benzene rings is 2. The summed E-state index contributed by atoms with van der Waals surface area (Å²) in [6.45, 7) is 10.8. The van der Waals surface area contributed by atoms with Crippen LogP contribution in [-0.2, 0) is 16.0 Å². The number of aryl methyl sites for hydroxylation is 1. The molecule has 0 aliphatic heterocycles. The van der Waals surface area contributed by atoms with Gasteiger partial charge < -0.3 is 9.84 Å². The quantitative estimate of drug-likeness (QED) is 0.394. The first-order valence-corrected chi connectivity index (χ1v) is 11.9. The Morgan fingerprint density at radius 2 is 1.76 bits per heavy atom. The fourth-order valence-electron chi connectivity index (χ4n) is 4.41. The molecule has 3 rings (SSSR count). The summed E-state index contributed by atoms with van der Waals surface area (Å²) >= 11 is 0. The smallest absolute Gasteiger partial charge is 0.306 e. The number of hydrogen-bond donors (Lipinski definition) is 2. The van der Waals surface area contributed by atoms with Crippen LogP contribution in [0, 0.1) is 17.3 Å². The van der Waals surface area contributed by atoms with Crippen LogP contribution in [0.25, 0.3) is 22.2 Å². The standard InChI is InChI=1S/C27H37N3O3/c1-18(2)13-15-22(27(3,4)5)24(31)17-33-25(32)16-14-19-9-6-7-10-20(19)21-11-8-12-23-26(21)29-30-28-23/h6-12,18,22,24,31H,13-17H2,1-5H3,(H,28,29,30). The highest BCUT2D eigenvalue weighted by atomic mass is 16.5. The van der Waals surface area contributed by atoms with E-state index in [2.05, 4.69) is 50.0 Å². The van der Waals surface area contributed by atoms with E-state index in [0.717, 1.165) is 40.6 Å². The SMILES string of the molecule is CC(C)CCC(C(O)COC(=O)CCc1ccccc1-c1cccc2n[nH]nc12)C(C)(C)C. The van der Waals surface area contributed by atoms with E-state index < -0.39 is 6.10 Å². The van der Waals surface area contributed by atoms with Crippen molar-refractivity contribution in [1.82, 2.24) is 15.4 Å². The Morgan fingerprint density at radius 3 is 2.48 bits per heavy atom. The fraction of sp³-hybridized carbons (Fsp3) is 0.519. The summed E-state index contributed by atoms with van der Waals surface area (Å²) < 4.78 is 5.50. The van der Waals surface area contributed by atoms with Gasteiger partial charge in [0, 0.05) is 12.0 Å². The number of carbonyl (C=O) groups excluding carboxylic acids is 1. The topological polar surface area (TPSA) is 88.1 Å². The third kappa shape index (κ3) is 6.64. The van der Waals surface area contributed by atoms with Crippen LogP contribution in [0.1, 0.15) is 59.4 Å². The van der Waals surface area contributed by atoms with Crippen molar-refractivity contribution in [2.75, 3.05) is 6.61 Å². The molecule has 0 amide bonds. The Labute approximate surface area is 196 Å². The van der Waals surface area contributed by atoms with Gasteiger partial charge in [-0.2, -0.15) is 15.4 Å². The number of rotatable bonds is 10. The number of aromatic amines is 1. The molecule has 0 saturated carbocycles. The molecule has 1 heterocycles. The lowest BCUT2D eigenvalue weighted by atomic mass is 9.74. The Morgan fingerprint density at radius 1 is 1.03 bits per heavy atom. The van der Waals surface area contributed by atoms with Gasteiger partial charge in [0.2, 0.25) is 0 Å². The van der Waals surface area contributed by atoms with Gasteiger partial charge in [-0.3, -0.25) is 4.79 Å². The van der Waals surface area contributed by atoms with E-state index in [9.17, 15) is 9.90 Å². The molecule has 2 N–H and O–H groups in total. The predicted molar refractivity (Wildman–Crippen MR) is 132 cm³/mol. The van der Waals surface area contributed by atoms with Gasteiger partial charge in [-0.15, -0.1) is 0 Å². The maximum absolute atomic E-state index is 12.5. The second-order valence-corrected chi connectivity index (χ2v) is 10.3. The van der Waals surface area contributed by atoms with Crippen LogP contribution in [-0.4, -0.2) is 39.2 Å². The second kappa shape index (κ2) is 10.9. The van der Waals surface area contributed by atoms with Crippen LogP contribution in [0.3, 0.4) is 0 Å². The molecule has 6 nitrogen and oxygen atoms in total. The summed E-state index contributed by atoms with van der Waals surface area (Å²) in [4.78, 5) is 12.5. The molecule has 3 aromatic rings. The van der Waals surface area contributed by atoms with Crippen molar-refractivity contribution in [1.29, 1.82) is 0 Å². The predicted octanol–water partition coefficient (Wildman–Crippen LogP) is 5.56. The van der Waals surface area contributed by atoms with Crippen LogP contribution in [0.4, 0.5) is 0 Å². The van der Waals surface area contributed by atoms with Crippen molar-refractivity contribution in [3.63, 3.8) is 0 Å². The summed E-state index contributed by atoms with van der Waals surface area (Å²) in [6, 6.07) is 13.9. The van der Waals surface area contributed by atoms with Crippen molar-refractivity contribution < 1.29 is 14.6 Å². The Kier molecular flexibility index (Phi) is 8.25. The Hall–Kier alpha value is -2.73. The van der Waals surface area contributed by atoms with E-state index in [1.807, 2.05) is 42.5 Å². The normalized spacial score (nSPS) is 13.9. The molecule has 0 radical (unpaired) electrons. The summed E-state index contributed by atoms with van der Waals surface area (Å²) in [6.07, 6.45) is 2.10. The van der Waals surface area contributed by atoms with Crippen molar-refractivity contribution >= 4 is 17.0 Å². The maximum Gasteiger partial charge on any atom is 0.306 e. The Balaban J connectivity index is 1.61. The minimum atomic E-state index is -0.662. The Bertz CT molecular complexity index is 1050. The van der Waals surface area contributed by atoms with Gasteiger partial charge in [-0.05, 0) is 47.3 Å². The molecule has 2 aromatic carbocycles. The van der Waals surface area contributed by atoms with Crippen molar-refractivity contribution in [2.45, 2.75) is 66.4 Å². The molecule has 0 fully saturated rings. The average molecular weight is 452 g/mol. The molecule has 0 aliphatic carbocycles. The number of nitrogens with zero attached hydrogens (tertiary/aromatic N) is 2. The molecular formula is C27H37N3O3. The van der Waals surface area contributed by atoms with Crippen LogP contribution in [0.2, 0.25) is 0 Å². The van der Waals surface area contributed by atoms with Crippen molar-refractivity contribution in [3.05, 3.63) is 48.0 Å². The zero-order chi connectivity index (χ0) is 24.0. The molecule has 0 aliphatic rings. The number of aliphatic hydroxyl groups excluding tert-OH is 1. The molecule has 33 heavy (non-hydrogen) atoms. The zero-order valence-corrected chi connectivity index (χ0v) is 20.5. The third-order valence-electron chi connectivity index (χ3n) is 6.30. The number of H-pyrrole nitrogens is 1. The highest BCUT2D eigenvalue weighted by molar-refractivity contribution is 5.92. The van der Waals surface area contributed by atoms with E-state index in [0.29, 0.717) is 12.3 Å². The van der Waals surface area contributed by atoms with E-state index in [4.69, 9.17) is 4.74 Å². The fourth-order valence-corrected chi connectivity index (χ4v) is 4.41. The number of nitrogens with one attached hydrogen (secondary N) is 1. The van der Waals surface area contributed by atoms with Crippen molar-refractivity contribution in [3.8, 4) is 11.1 Å². The lowest BCUT2D eigenvalue weighted by molar-refractivity contribution is -0.148. The first kappa shape index (κ1) is 24.9. The monoisotopic (exact) mass is 451 g/mol. The second-order valence-electron chi connectivity index (χ2n) is 10.3. The highest BCUT2D eigenvalue weighted by Crippen LogP contribution is 2.34. The van der Waals surface area contributed by atoms with Gasteiger partial charge in [-0.25, -0.2) is 0 Å². The van der Waals surface area contributed by atoms with E-state index in [-0.39, 0.29) is 30.3 Å². The number of carbonyl (C=O) groups is 1. The zero-order valence-electron chi connectivity index (χ0n) is 20.5. The average Bonchev–Trinajstić information content (AvgIpc) is 3.24. The van der Waals surface area contributed by atoms with Gasteiger partial charge in [0.05, 0.1) is 6.10 Å². The molecule has 1 aromatic heterocycles. The number of hydrogen-bond acceptors (Lipinski definition) is 5. The molecule has 178 valence electrons. The number of aromatic nitrogens is 3. The molecule has 2 atom stereocenters. The van der Waals surface area contributed by atoms with Crippen LogP contribution in [0.5, 0.6) is 0 Å². The van der Waals surface area contributed by atoms with Crippen molar-refractivity contribution in [2.24, 2.45) is 17.3 Å². The summed E-state index contributed by atoms with van der Waals surface area (Å²) in [5.74, 6) is 0.365. The van der Waals surface area contributed by atoms with Gasteiger partial charge in [0.15, 0.2) is 0 Å². The van der Waals surface area contributed by atoms with Gasteiger partial charge >= 0.3 is 5.97 Å². The van der Waals surface area contributed by atoms with Crippen LogP contribution >= 0.6 is 0 Å². The van der Waals surface area contributed by atoms with Gasteiger partial charge in [0.1, 0.15) is 17.6 Å². The third-order valence-corrected chi connectivity index (χ3v) is 6.30. The first-order chi connectivity index (χ1) is 15.7. The maximum atomic E-state index is 12.5. The molecular weight excluding hydrogens is 414 g/mol. The van der Waals surface area contributed by atoms with Crippen LogP contribution in [0.15, 0.2) is 42.5 Å². The molecule has 2 unspecified atom stereocenters. The highest BCUT2D eigenvalue weighted by Gasteiger charge is 2.31. The van der Waals surface area contributed by atoms with E-state index in [1.165, 1.54) is 0 Å². The van der Waals surface area contributed by atoms with Gasteiger partial charge in [0.25, 0.3) is 0 Å². The first-order valence-electron chi connectivity index (χ1n) is 11.9. The molecule has 0 saturated heterocycles. The van der Waals surface area contributed by atoms with Crippen LogP contribution < -0.4 is 0 Å². The number of ether oxygens (including phenoxy) is 1. The summed E-state index contributed by atoms with van der Waals surface area (Å²) in [7, 11) is 0.